The first-order chi connectivity index (χ1) is 13.2. The fourth-order valence-electron chi connectivity index (χ4n) is 3.46. The van der Waals surface area contributed by atoms with Gasteiger partial charge in [0.15, 0.2) is 5.13 Å². The molecule has 0 spiro atoms. The fourth-order valence-corrected chi connectivity index (χ4v) is 4.21. The molecule has 0 bridgehead atoms. The van der Waals surface area contributed by atoms with Crippen LogP contribution in [0.4, 0.5) is 5.13 Å². The van der Waals surface area contributed by atoms with Crippen molar-refractivity contribution in [2.24, 2.45) is 0 Å². The molecule has 0 aliphatic carbocycles. The maximum absolute atomic E-state index is 12.5. The van der Waals surface area contributed by atoms with Crippen molar-refractivity contribution in [2.45, 2.75) is 31.8 Å². The lowest BCUT2D eigenvalue weighted by molar-refractivity contribution is -0.121. The molecular weight excluding hydrogens is 362 g/mol. The van der Waals surface area contributed by atoms with E-state index in [9.17, 15) is 9.59 Å². The molecule has 27 heavy (non-hydrogen) atoms. The first-order valence-corrected chi connectivity index (χ1v) is 9.97. The lowest BCUT2D eigenvalue weighted by Gasteiger charge is -2.24. The van der Waals surface area contributed by atoms with Gasteiger partial charge in [0, 0.05) is 43.7 Å². The number of nitrogens with zero attached hydrogens (tertiary/aromatic N) is 4. The second-order valence-electron chi connectivity index (χ2n) is 6.62. The number of para-hydroxylation sites is 1. The zero-order valence-electron chi connectivity index (χ0n) is 14.9. The Balaban J connectivity index is 1.32. The Morgan fingerprint density at radius 2 is 2.19 bits per heavy atom. The van der Waals surface area contributed by atoms with Crippen molar-refractivity contribution in [2.75, 3.05) is 18.0 Å². The van der Waals surface area contributed by atoms with E-state index in [1.807, 2.05) is 29.8 Å². The van der Waals surface area contributed by atoms with Crippen LogP contribution in [0.3, 0.4) is 0 Å². The standard InChI is InChI=1S/C19H21N5O2S/c25-17(21-12-14-4-3-9-24(14)19-20-8-11-27-19)7-10-23-13-22-16-6-2-1-5-15(16)18(23)26/h1-2,5-6,8,11,13-14H,3-4,7,9-10,12H2,(H,21,25)/t14-/m0/s1. The molecule has 0 unspecified atom stereocenters. The number of hydrogen-bond acceptors (Lipinski definition) is 6. The molecule has 1 fully saturated rings. The van der Waals surface area contributed by atoms with E-state index in [2.05, 4.69) is 20.2 Å². The lowest BCUT2D eigenvalue weighted by atomic mass is 10.2. The number of thiazole rings is 1. The second kappa shape index (κ2) is 7.87. The van der Waals surface area contributed by atoms with Gasteiger partial charge >= 0.3 is 0 Å². The van der Waals surface area contributed by atoms with Crippen molar-refractivity contribution < 1.29 is 4.79 Å². The summed E-state index contributed by atoms with van der Waals surface area (Å²) >= 11 is 1.63. The summed E-state index contributed by atoms with van der Waals surface area (Å²) in [6.07, 6.45) is 5.73. The van der Waals surface area contributed by atoms with Crippen LogP contribution in [0, 0.1) is 0 Å². The van der Waals surface area contributed by atoms with Crippen LogP contribution in [0.15, 0.2) is 47.0 Å². The van der Waals surface area contributed by atoms with Crippen LogP contribution in [-0.2, 0) is 11.3 Å². The molecule has 0 saturated carbocycles. The molecule has 1 N–H and O–H groups in total. The number of rotatable bonds is 6. The summed E-state index contributed by atoms with van der Waals surface area (Å²) in [4.78, 5) is 35.6. The SMILES string of the molecule is O=C(CCn1cnc2ccccc2c1=O)NC[C@@H]1CCCN1c1nccs1. The molecule has 0 radical (unpaired) electrons. The van der Waals surface area contributed by atoms with E-state index in [0.717, 1.165) is 24.5 Å². The fraction of sp³-hybridized carbons (Fsp3) is 0.368. The summed E-state index contributed by atoms with van der Waals surface area (Å²) in [7, 11) is 0. The van der Waals surface area contributed by atoms with E-state index in [1.165, 1.54) is 10.9 Å². The van der Waals surface area contributed by atoms with E-state index < -0.39 is 0 Å². The average molecular weight is 383 g/mol. The minimum Gasteiger partial charge on any atom is -0.354 e. The van der Waals surface area contributed by atoms with Gasteiger partial charge in [0.2, 0.25) is 5.91 Å². The summed E-state index contributed by atoms with van der Waals surface area (Å²) in [5, 5.41) is 6.56. The number of aromatic nitrogens is 3. The summed E-state index contributed by atoms with van der Waals surface area (Å²) in [5.74, 6) is -0.0546. The molecule has 1 amide bonds. The first-order valence-electron chi connectivity index (χ1n) is 9.09. The first kappa shape index (κ1) is 17.7. The Morgan fingerprint density at radius 3 is 3.04 bits per heavy atom. The van der Waals surface area contributed by atoms with E-state index in [4.69, 9.17) is 0 Å². The molecule has 1 aromatic carbocycles. The Hall–Kier alpha value is -2.74. The highest BCUT2D eigenvalue weighted by Crippen LogP contribution is 2.26. The van der Waals surface area contributed by atoms with Crippen molar-refractivity contribution >= 4 is 33.3 Å². The molecule has 1 aliphatic rings. The van der Waals surface area contributed by atoms with Crippen LogP contribution >= 0.6 is 11.3 Å². The van der Waals surface area contributed by atoms with Crippen molar-refractivity contribution in [3.05, 3.63) is 52.5 Å². The van der Waals surface area contributed by atoms with Crippen LogP contribution in [0.25, 0.3) is 10.9 Å². The maximum Gasteiger partial charge on any atom is 0.261 e. The number of aryl methyl sites for hydroxylation is 1. The number of amides is 1. The van der Waals surface area contributed by atoms with Crippen molar-refractivity contribution in [1.82, 2.24) is 19.9 Å². The Labute approximate surface area is 160 Å². The number of fused-ring (bicyclic) bond motifs is 1. The molecule has 1 saturated heterocycles. The minimum atomic E-state index is -0.112. The molecule has 2 aromatic heterocycles. The molecule has 3 heterocycles. The predicted octanol–water partition coefficient (Wildman–Crippen LogP) is 2.03. The van der Waals surface area contributed by atoms with Gasteiger partial charge < -0.3 is 10.2 Å². The van der Waals surface area contributed by atoms with Crippen LogP contribution in [-0.4, -0.2) is 39.6 Å². The van der Waals surface area contributed by atoms with Crippen LogP contribution < -0.4 is 15.8 Å². The largest absolute Gasteiger partial charge is 0.354 e. The molecule has 1 aliphatic heterocycles. The second-order valence-corrected chi connectivity index (χ2v) is 7.49. The van der Waals surface area contributed by atoms with Crippen LogP contribution in [0.2, 0.25) is 0 Å². The number of benzene rings is 1. The molecular formula is C19H21N5O2S. The number of nitrogens with one attached hydrogen (secondary N) is 1. The Morgan fingerprint density at radius 1 is 1.30 bits per heavy atom. The van der Waals surface area contributed by atoms with E-state index in [0.29, 0.717) is 24.0 Å². The van der Waals surface area contributed by atoms with Gasteiger partial charge in [0.1, 0.15) is 0 Å². The van der Waals surface area contributed by atoms with Crippen molar-refractivity contribution in [3.63, 3.8) is 0 Å². The highest BCUT2D eigenvalue weighted by atomic mass is 32.1. The monoisotopic (exact) mass is 383 g/mol. The van der Waals surface area contributed by atoms with E-state index in [1.54, 1.807) is 17.4 Å². The summed E-state index contributed by atoms with van der Waals surface area (Å²) in [6, 6.07) is 7.52. The zero-order valence-corrected chi connectivity index (χ0v) is 15.7. The van der Waals surface area contributed by atoms with Crippen molar-refractivity contribution in [1.29, 1.82) is 0 Å². The van der Waals surface area contributed by atoms with E-state index >= 15 is 0 Å². The maximum atomic E-state index is 12.5. The third kappa shape index (κ3) is 3.85. The molecule has 8 heteroatoms. The van der Waals surface area contributed by atoms with Crippen LogP contribution in [0.1, 0.15) is 19.3 Å². The number of hydrogen-bond donors (Lipinski definition) is 1. The number of carbonyl (C=O) groups excluding carboxylic acids is 1. The van der Waals surface area contributed by atoms with Gasteiger partial charge in [-0.15, -0.1) is 11.3 Å². The van der Waals surface area contributed by atoms with Gasteiger partial charge in [0.25, 0.3) is 5.56 Å². The third-order valence-electron chi connectivity index (χ3n) is 4.89. The number of carbonyl (C=O) groups is 1. The molecule has 4 rings (SSSR count). The van der Waals surface area contributed by atoms with Crippen molar-refractivity contribution in [3.8, 4) is 0 Å². The number of anilines is 1. The summed E-state index contributed by atoms with van der Waals surface area (Å²) < 4.78 is 1.50. The van der Waals surface area contributed by atoms with Crippen LogP contribution in [0.5, 0.6) is 0 Å². The van der Waals surface area contributed by atoms with Gasteiger partial charge in [-0.3, -0.25) is 14.2 Å². The average Bonchev–Trinajstić information content (AvgIpc) is 3.37. The van der Waals surface area contributed by atoms with Gasteiger partial charge in [0.05, 0.1) is 17.2 Å². The highest BCUT2D eigenvalue weighted by molar-refractivity contribution is 7.13. The Bertz CT molecular complexity index is 985. The van der Waals surface area contributed by atoms with Gasteiger partial charge in [-0.2, -0.15) is 0 Å². The highest BCUT2D eigenvalue weighted by Gasteiger charge is 2.26. The summed E-state index contributed by atoms with van der Waals surface area (Å²) in [5.41, 5.74) is 0.561. The van der Waals surface area contributed by atoms with Gasteiger partial charge in [-0.1, -0.05) is 12.1 Å². The molecule has 1 atom stereocenters. The van der Waals surface area contributed by atoms with Gasteiger partial charge in [-0.25, -0.2) is 9.97 Å². The Kier molecular flexibility index (Phi) is 5.15. The minimum absolute atomic E-state index is 0.0546. The molecule has 140 valence electrons. The lowest BCUT2D eigenvalue weighted by Crippen LogP contribution is -2.40. The zero-order chi connectivity index (χ0) is 18.6. The smallest absolute Gasteiger partial charge is 0.261 e. The molecule has 3 aromatic rings. The van der Waals surface area contributed by atoms with Gasteiger partial charge in [-0.05, 0) is 25.0 Å². The van der Waals surface area contributed by atoms with E-state index in [-0.39, 0.29) is 23.9 Å². The normalized spacial score (nSPS) is 16.7. The predicted molar refractivity (Wildman–Crippen MR) is 106 cm³/mol. The molecule has 7 nitrogen and oxygen atoms in total. The summed E-state index contributed by atoms with van der Waals surface area (Å²) in [6.45, 7) is 1.90. The third-order valence-corrected chi connectivity index (χ3v) is 5.70. The quantitative estimate of drug-likeness (QED) is 0.704. The topological polar surface area (TPSA) is 80.1 Å².